The van der Waals surface area contributed by atoms with Crippen LogP contribution >= 0.6 is 11.3 Å². The van der Waals surface area contributed by atoms with Gasteiger partial charge in [0.1, 0.15) is 10.7 Å². The monoisotopic (exact) mass is 283 g/mol. The lowest BCUT2D eigenvalue weighted by atomic mass is 10.3. The minimum absolute atomic E-state index is 0.128. The van der Waals surface area contributed by atoms with Gasteiger partial charge in [0, 0.05) is 17.6 Å². The fourth-order valence-corrected chi connectivity index (χ4v) is 3.08. The number of nitrogens with one attached hydrogen (secondary N) is 1. The Labute approximate surface area is 110 Å². The van der Waals surface area contributed by atoms with E-state index in [0.29, 0.717) is 18.8 Å². The molecule has 0 aliphatic rings. The molecular formula is C11H13N3O2S2. The molecule has 0 fully saturated rings. The Morgan fingerprint density at radius 3 is 2.78 bits per heavy atom. The second-order valence-electron chi connectivity index (χ2n) is 3.65. The lowest BCUT2D eigenvalue weighted by molar-refractivity contribution is 0.581. The molecule has 0 bridgehead atoms. The van der Waals surface area contributed by atoms with Crippen molar-refractivity contribution < 1.29 is 8.42 Å². The van der Waals surface area contributed by atoms with E-state index in [-0.39, 0.29) is 4.90 Å². The molecule has 0 atom stereocenters. The summed E-state index contributed by atoms with van der Waals surface area (Å²) in [5.74, 6) is 0.299. The van der Waals surface area contributed by atoms with Crippen molar-refractivity contribution >= 4 is 27.2 Å². The average molecular weight is 283 g/mol. The first-order valence-corrected chi connectivity index (χ1v) is 7.68. The maximum absolute atomic E-state index is 11.9. The molecule has 0 spiro atoms. The van der Waals surface area contributed by atoms with Crippen molar-refractivity contribution in [1.29, 1.82) is 0 Å². The normalized spacial score (nSPS) is 11.6. The molecule has 3 N–H and O–H groups in total. The summed E-state index contributed by atoms with van der Waals surface area (Å²) in [6.07, 6.45) is 1.93. The Morgan fingerprint density at radius 1 is 1.33 bits per heavy atom. The van der Waals surface area contributed by atoms with Crippen molar-refractivity contribution in [2.75, 3.05) is 12.3 Å². The average Bonchev–Trinajstić information content (AvgIpc) is 2.82. The summed E-state index contributed by atoms with van der Waals surface area (Å²) in [6, 6.07) is 6.83. The molecule has 0 aliphatic heterocycles. The molecule has 2 aromatic heterocycles. The van der Waals surface area contributed by atoms with E-state index >= 15 is 0 Å². The van der Waals surface area contributed by atoms with E-state index in [4.69, 9.17) is 5.73 Å². The number of nitrogen functional groups attached to an aromatic ring is 1. The number of hydrogen-bond donors (Lipinski definition) is 2. The van der Waals surface area contributed by atoms with E-state index in [1.807, 2.05) is 17.5 Å². The number of hydrogen-bond acceptors (Lipinski definition) is 5. The standard InChI is InChI=1S/C11H13N3O2S2/c12-11-4-3-10(8-13-11)18(15,16)14-6-5-9-2-1-7-17-9/h1-4,7-8,14H,5-6H2,(H2,12,13). The molecular weight excluding hydrogens is 270 g/mol. The predicted molar refractivity (Wildman–Crippen MR) is 71.9 cm³/mol. The van der Waals surface area contributed by atoms with E-state index < -0.39 is 10.0 Å². The SMILES string of the molecule is Nc1ccc(S(=O)(=O)NCCc2cccs2)cn1. The number of thiophene rings is 1. The Morgan fingerprint density at radius 2 is 2.17 bits per heavy atom. The molecule has 18 heavy (non-hydrogen) atoms. The van der Waals surface area contributed by atoms with Crippen LogP contribution in [0.25, 0.3) is 0 Å². The van der Waals surface area contributed by atoms with E-state index in [0.717, 1.165) is 4.88 Å². The van der Waals surface area contributed by atoms with Gasteiger partial charge in [0.15, 0.2) is 0 Å². The first-order valence-electron chi connectivity index (χ1n) is 5.31. The number of rotatable bonds is 5. The first-order chi connectivity index (χ1) is 8.58. The van der Waals surface area contributed by atoms with Crippen LogP contribution in [-0.2, 0) is 16.4 Å². The fourth-order valence-electron chi connectivity index (χ4n) is 1.40. The van der Waals surface area contributed by atoms with Crippen LogP contribution < -0.4 is 10.5 Å². The van der Waals surface area contributed by atoms with Crippen molar-refractivity contribution in [2.24, 2.45) is 0 Å². The first kappa shape index (κ1) is 13.0. The molecule has 0 unspecified atom stereocenters. The topological polar surface area (TPSA) is 85.1 Å². The molecule has 7 heteroatoms. The third kappa shape index (κ3) is 3.28. The lowest BCUT2D eigenvalue weighted by Gasteiger charge is -2.05. The van der Waals surface area contributed by atoms with Crippen molar-refractivity contribution in [3.63, 3.8) is 0 Å². The Bertz CT molecular complexity index is 592. The number of anilines is 1. The summed E-state index contributed by atoms with van der Waals surface area (Å²) < 4.78 is 26.3. The predicted octanol–water partition coefficient (Wildman–Crippen LogP) is 1.25. The summed E-state index contributed by atoms with van der Waals surface area (Å²) in [4.78, 5) is 5.04. The molecule has 2 rings (SSSR count). The minimum Gasteiger partial charge on any atom is -0.384 e. The zero-order valence-corrected chi connectivity index (χ0v) is 11.2. The number of nitrogens with two attached hydrogens (primary N) is 1. The number of sulfonamides is 1. The summed E-state index contributed by atoms with van der Waals surface area (Å²) >= 11 is 1.61. The van der Waals surface area contributed by atoms with E-state index in [1.54, 1.807) is 11.3 Å². The fraction of sp³-hybridized carbons (Fsp3) is 0.182. The molecule has 96 valence electrons. The van der Waals surface area contributed by atoms with Crippen molar-refractivity contribution in [2.45, 2.75) is 11.3 Å². The van der Waals surface area contributed by atoms with Gasteiger partial charge in [0.2, 0.25) is 10.0 Å². The van der Waals surface area contributed by atoms with Crippen molar-refractivity contribution in [1.82, 2.24) is 9.71 Å². The quantitative estimate of drug-likeness (QED) is 0.864. The van der Waals surface area contributed by atoms with Gasteiger partial charge in [-0.05, 0) is 30.0 Å². The third-order valence-electron chi connectivity index (χ3n) is 2.31. The van der Waals surface area contributed by atoms with Gasteiger partial charge in [0.25, 0.3) is 0 Å². The van der Waals surface area contributed by atoms with Crippen LogP contribution in [0, 0.1) is 0 Å². The number of aromatic nitrogens is 1. The van der Waals surface area contributed by atoms with Gasteiger partial charge in [-0.1, -0.05) is 6.07 Å². The summed E-state index contributed by atoms with van der Waals surface area (Å²) in [5, 5.41) is 1.97. The largest absolute Gasteiger partial charge is 0.384 e. The molecule has 2 aromatic rings. The van der Waals surface area contributed by atoms with Crippen LogP contribution in [0.4, 0.5) is 5.82 Å². The third-order valence-corrected chi connectivity index (χ3v) is 4.70. The maximum atomic E-state index is 11.9. The van der Waals surface area contributed by atoms with Gasteiger partial charge in [-0.3, -0.25) is 0 Å². The van der Waals surface area contributed by atoms with Crippen molar-refractivity contribution in [3.8, 4) is 0 Å². The molecule has 0 aliphatic carbocycles. The number of nitrogens with zero attached hydrogens (tertiary/aromatic N) is 1. The summed E-state index contributed by atoms with van der Waals surface area (Å²) in [6.45, 7) is 0.368. The Kier molecular flexibility index (Phi) is 3.95. The zero-order valence-electron chi connectivity index (χ0n) is 9.54. The molecule has 0 amide bonds. The van der Waals surface area contributed by atoms with Crippen LogP contribution in [0.3, 0.4) is 0 Å². The lowest BCUT2D eigenvalue weighted by Crippen LogP contribution is -2.25. The number of pyridine rings is 1. The van der Waals surface area contributed by atoms with Gasteiger partial charge in [-0.15, -0.1) is 11.3 Å². The smallest absolute Gasteiger partial charge is 0.242 e. The molecule has 0 aromatic carbocycles. The molecule has 2 heterocycles. The second kappa shape index (κ2) is 5.47. The minimum atomic E-state index is -3.49. The van der Waals surface area contributed by atoms with Gasteiger partial charge >= 0.3 is 0 Å². The Balaban J connectivity index is 1.97. The molecule has 0 saturated carbocycles. The van der Waals surface area contributed by atoms with Gasteiger partial charge in [-0.2, -0.15) is 0 Å². The van der Waals surface area contributed by atoms with Crippen LogP contribution in [0.1, 0.15) is 4.88 Å². The van der Waals surface area contributed by atoms with E-state index in [1.165, 1.54) is 18.3 Å². The van der Waals surface area contributed by atoms with Crippen LogP contribution in [0.5, 0.6) is 0 Å². The summed E-state index contributed by atoms with van der Waals surface area (Å²) in [5.41, 5.74) is 5.41. The summed E-state index contributed by atoms with van der Waals surface area (Å²) in [7, 11) is -3.49. The van der Waals surface area contributed by atoms with Crippen molar-refractivity contribution in [3.05, 3.63) is 40.7 Å². The highest BCUT2D eigenvalue weighted by molar-refractivity contribution is 7.89. The van der Waals surface area contributed by atoms with Gasteiger partial charge in [-0.25, -0.2) is 18.1 Å². The zero-order chi connectivity index (χ0) is 13.0. The molecule has 5 nitrogen and oxygen atoms in total. The van der Waals surface area contributed by atoms with Gasteiger partial charge in [0.05, 0.1) is 0 Å². The van der Waals surface area contributed by atoms with Crippen LogP contribution in [0.15, 0.2) is 40.7 Å². The van der Waals surface area contributed by atoms with E-state index in [9.17, 15) is 8.42 Å². The highest BCUT2D eigenvalue weighted by atomic mass is 32.2. The van der Waals surface area contributed by atoms with Crippen LogP contribution in [0.2, 0.25) is 0 Å². The molecule has 0 saturated heterocycles. The highest BCUT2D eigenvalue weighted by Crippen LogP contribution is 2.10. The van der Waals surface area contributed by atoms with Crippen LogP contribution in [-0.4, -0.2) is 19.9 Å². The highest BCUT2D eigenvalue weighted by Gasteiger charge is 2.13. The molecule has 0 radical (unpaired) electrons. The van der Waals surface area contributed by atoms with E-state index in [2.05, 4.69) is 9.71 Å². The maximum Gasteiger partial charge on any atom is 0.242 e. The van der Waals surface area contributed by atoms with Gasteiger partial charge < -0.3 is 5.73 Å². The Hall–Kier alpha value is -1.44. The second-order valence-corrected chi connectivity index (χ2v) is 6.45.